The van der Waals surface area contributed by atoms with Gasteiger partial charge in [-0.25, -0.2) is 0 Å². The van der Waals surface area contributed by atoms with Crippen molar-refractivity contribution < 1.29 is 9.84 Å². The summed E-state index contributed by atoms with van der Waals surface area (Å²) in [4.78, 5) is 0. The summed E-state index contributed by atoms with van der Waals surface area (Å²) in [5.74, 6) is 0. The van der Waals surface area contributed by atoms with E-state index in [1.54, 1.807) is 0 Å². The second kappa shape index (κ2) is 3.59. The summed E-state index contributed by atoms with van der Waals surface area (Å²) in [6.45, 7) is 1.23. The molecule has 1 heterocycles. The van der Waals surface area contributed by atoms with Gasteiger partial charge in [-0.2, -0.15) is 0 Å². The van der Waals surface area contributed by atoms with Crippen molar-refractivity contribution in [1.82, 2.24) is 0 Å². The maximum atomic E-state index is 10.3. The lowest BCUT2D eigenvalue weighted by Crippen LogP contribution is -2.33. The lowest BCUT2D eigenvalue weighted by atomic mass is 9.86. The van der Waals surface area contributed by atoms with Crippen molar-refractivity contribution in [3.63, 3.8) is 0 Å². The SMILES string of the molecule is Nc1cccc(C2(O)CCOCC2)c1. The molecule has 2 rings (SSSR count). The van der Waals surface area contributed by atoms with E-state index < -0.39 is 5.60 Å². The monoisotopic (exact) mass is 193 g/mol. The number of anilines is 1. The highest BCUT2D eigenvalue weighted by atomic mass is 16.5. The highest BCUT2D eigenvalue weighted by Crippen LogP contribution is 2.32. The van der Waals surface area contributed by atoms with Crippen molar-refractivity contribution in [2.75, 3.05) is 18.9 Å². The quantitative estimate of drug-likeness (QED) is 0.660. The smallest absolute Gasteiger partial charge is 0.0941 e. The molecule has 1 aliphatic rings. The van der Waals surface area contributed by atoms with Gasteiger partial charge < -0.3 is 15.6 Å². The Hall–Kier alpha value is -1.06. The molecule has 76 valence electrons. The number of hydrogen-bond donors (Lipinski definition) is 2. The summed E-state index contributed by atoms with van der Waals surface area (Å²) in [7, 11) is 0. The first-order valence-corrected chi connectivity index (χ1v) is 4.87. The van der Waals surface area contributed by atoms with Crippen LogP contribution in [0.4, 0.5) is 5.69 Å². The van der Waals surface area contributed by atoms with E-state index in [1.165, 1.54) is 0 Å². The van der Waals surface area contributed by atoms with Crippen LogP contribution < -0.4 is 5.73 Å². The van der Waals surface area contributed by atoms with Crippen molar-refractivity contribution in [3.05, 3.63) is 29.8 Å². The van der Waals surface area contributed by atoms with Gasteiger partial charge in [0.05, 0.1) is 5.60 Å². The summed E-state index contributed by atoms with van der Waals surface area (Å²) in [6, 6.07) is 7.46. The Labute approximate surface area is 83.5 Å². The van der Waals surface area contributed by atoms with Gasteiger partial charge in [0, 0.05) is 31.7 Å². The number of nitrogens with two attached hydrogens (primary N) is 1. The largest absolute Gasteiger partial charge is 0.399 e. The van der Waals surface area contributed by atoms with Gasteiger partial charge in [0.25, 0.3) is 0 Å². The molecule has 0 bridgehead atoms. The molecule has 14 heavy (non-hydrogen) atoms. The topological polar surface area (TPSA) is 55.5 Å². The van der Waals surface area contributed by atoms with Crippen molar-refractivity contribution in [3.8, 4) is 0 Å². The van der Waals surface area contributed by atoms with Crippen molar-refractivity contribution in [2.45, 2.75) is 18.4 Å². The molecule has 1 fully saturated rings. The van der Waals surface area contributed by atoms with Crippen LogP contribution >= 0.6 is 0 Å². The van der Waals surface area contributed by atoms with E-state index in [0.29, 0.717) is 31.7 Å². The molecule has 1 aromatic rings. The maximum Gasteiger partial charge on any atom is 0.0941 e. The van der Waals surface area contributed by atoms with Gasteiger partial charge in [-0.05, 0) is 17.7 Å². The molecule has 0 amide bonds. The van der Waals surface area contributed by atoms with Gasteiger partial charge in [-0.3, -0.25) is 0 Å². The fraction of sp³-hybridized carbons (Fsp3) is 0.455. The third-order valence-corrected chi connectivity index (χ3v) is 2.74. The lowest BCUT2D eigenvalue weighted by Gasteiger charge is -2.32. The fourth-order valence-corrected chi connectivity index (χ4v) is 1.83. The van der Waals surface area contributed by atoms with E-state index in [2.05, 4.69) is 0 Å². The first kappa shape index (κ1) is 9.49. The van der Waals surface area contributed by atoms with E-state index in [-0.39, 0.29) is 0 Å². The van der Waals surface area contributed by atoms with Gasteiger partial charge in [-0.15, -0.1) is 0 Å². The Morgan fingerprint density at radius 2 is 2.00 bits per heavy atom. The zero-order valence-corrected chi connectivity index (χ0v) is 8.07. The van der Waals surface area contributed by atoms with Crippen LogP contribution in [0.3, 0.4) is 0 Å². The first-order valence-electron chi connectivity index (χ1n) is 4.87. The van der Waals surface area contributed by atoms with Crippen molar-refractivity contribution in [1.29, 1.82) is 0 Å². The normalized spacial score (nSPS) is 20.6. The van der Waals surface area contributed by atoms with Crippen LogP contribution in [-0.4, -0.2) is 18.3 Å². The van der Waals surface area contributed by atoms with Gasteiger partial charge >= 0.3 is 0 Å². The lowest BCUT2D eigenvalue weighted by molar-refractivity contribution is -0.0678. The Balaban J connectivity index is 2.28. The third kappa shape index (κ3) is 1.74. The van der Waals surface area contributed by atoms with Crippen LogP contribution in [0.5, 0.6) is 0 Å². The number of aliphatic hydroxyl groups is 1. The molecule has 0 unspecified atom stereocenters. The molecule has 3 heteroatoms. The number of ether oxygens (including phenoxy) is 1. The van der Waals surface area contributed by atoms with Crippen LogP contribution in [0.25, 0.3) is 0 Å². The minimum absolute atomic E-state index is 0.616. The Morgan fingerprint density at radius 1 is 1.29 bits per heavy atom. The van der Waals surface area contributed by atoms with Gasteiger partial charge in [-0.1, -0.05) is 12.1 Å². The number of hydrogen-bond acceptors (Lipinski definition) is 3. The molecule has 3 N–H and O–H groups in total. The summed E-state index contributed by atoms with van der Waals surface area (Å²) >= 11 is 0. The fourth-order valence-electron chi connectivity index (χ4n) is 1.83. The molecule has 0 spiro atoms. The number of benzene rings is 1. The summed E-state index contributed by atoms with van der Waals surface area (Å²) in [5.41, 5.74) is 6.54. The van der Waals surface area contributed by atoms with E-state index in [1.807, 2.05) is 24.3 Å². The van der Waals surface area contributed by atoms with Crippen LogP contribution in [-0.2, 0) is 10.3 Å². The molecule has 1 saturated heterocycles. The van der Waals surface area contributed by atoms with E-state index in [4.69, 9.17) is 10.5 Å². The molecule has 3 nitrogen and oxygen atoms in total. The molecule has 0 atom stereocenters. The van der Waals surface area contributed by atoms with E-state index in [9.17, 15) is 5.11 Å². The Kier molecular flexibility index (Phi) is 2.44. The van der Waals surface area contributed by atoms with Crippen molar-refractivity contribution in [2.24, 2.45) is 0 Å². The average Bonchev–Trinajstić information content (AvgIpc) is 2.19. The maximum absolute atomic E-state index is 10.3. The highest BCUT2D eigenvalue weighted by Gasteiger charge is 2.31. The van der Waals surface area contributed by atoms with Gasteiger partial charge in [0.1, 0.15) is 0 Å². The molecule has 0 radical (unpaired) electrons. The third-order valence-electron chi connectivity index (χ3n) is 2.74. The van der Waals surface area contributed by atoms with Gasteiger partial charge in [0.15, 0.2) is 0 Å². The molecule has 1 aliphatic heterocycles. The number of nitrogen functional groups attached to an aromatic ring is 1. The van der Waals surface area contributed by atoms with Crippen LogP contribution in [0.2, 0.25) is 0 Å². The van der Waals surface area contributed by atoms with Crippen molar-refractivity contribution >= 4 is 5.69 Å². The van der Waals surface area contributed by atoms with E-state index in [0.717, 1.165) is 5.56 Å². The molecule has 0 aromatic heterocycles. The van der Waals surface area contributed by atoms with E-state index >= 15 is 0 Å². The van der Waals surface area contributed by atoms with Crippen LogP contribution in [0.15, 0.2) is 24.3 Å². The summed E-state index contributed by atoms with van der Waals surface area (Å²) < 4.78 is 5.23. The van der Waals surface area contributed by atoms with Crippen LogP contribution in [0.1, 0.15) is 18.4 Å². The zero-order valence-electron chi connectivity index (χ0n) is 8.07. The first-order chi connectivity index (χ1) is 6.71. The second-order valence-corrected chi connectivity index (χ2v) is 3.77. The predicted molar refractivity (Wildman–Crippen MR) is 54.8 cm³/mol. The predicted octanol–water partition coefficient (Wildman–Crippen LogP) is 1.27. The van der Waals surface area contributed by atoms with Crippen LogP contribution in [0, 0.1) is 0 Å². The summed E-state index contributed by atoms with van der Waals surface area (Å²) in [6.07, 6.45) is 1.30. The minimum Gasteiger partial charge on any atom is -0.399 e. The molecular weight excluding hydrogens is 178 g/mol. The zero-order chi connectivity index (χ0) is 10.0. The molecule has 0 saturated carbocycles. The standard InChI is InChI=1S/C11H15NO2/c12-10-3-1-2-9(8-10)11(13)4-6-14-7-5-11/h1-3,8,13H,4-7,12H2. The highest BCUT2D eigenvalue weighted by molar-refractivity contribution is 5.42. The Morgan fingerprint density at radius 3 is 2.64 bits per heavy atom. The molecular formula is C11H15NO2. The van der Waals surface area contributed by atoms with Gasteiger partial charge in [0.2, 0.25) is 0 Å². The number of rotatable bonds is 1. The average molecular weight is 193 g/mol. The second-order valence-electron chi connectivity index (χ2n) is 3.77. The Bertz CT molecular complexity index is 319. The minimum atomic E-state index is -0.742. The summed E-state index contributed by atoms with van der Waals surface area (Å²) in [5, 5.41) is 10.3. The molecule has 1 aromatic carbocycles. The molecule has 0 aliphatic carbocycles.